The number of ether oxygens (including phenoxy) is 1. The van der Waals surface area contributed by atoms with Crippen LogP contribution in [0.4, 0.5) is 11.4 Å². The summed E-state index contributed by atoms with van der Waals surface area (Å²) in [6, 6.07) is 12.7. The normalized spacial score (nSPS) is 30.2. The summed E-state index contributed by atoms with van der Waals surface area (Å²) in [5.74, 6) is 1.54. The molecule has 4 heteroatoms. The monoisotopic (exact) mass is 321 g/mol. The van der Waals surface area contributed by atoms with Gasteiger partial charge in [-0.05, 0) is 44.1 Å². The largest absolute Gasteiger partial charge is 0.469 e. The van der Waals surface area contributed by atoms with Crippen molar-refractivity contribution in [1.82, 2.24) is 9.88 Å². The molecule has 3 fully saturated rings. The van der Waals surface area contributed by atoms with E-state index in [1.165, 1.54) is 37.2 Å². The summed E-state index contributed by atoms with van der Waals surface area (Å²) in [5.41, 5.74) is 3.55. The number of pyridine rings is 1. The van der Waals surface area contributed by atoms with Gasteiger partial charge in [0.05, 0.1) is 11.9 Å². The number of hydrogen-bond acceptors (Lipinski definition) is 4. The maximum absolute atomic E-state index is 6.44. The predicted molar refractivity (Wildman–Crippen MR) is 95.0 cm³/mol. The molecule has 6 rings (SSSR count). The molecule has 2 bridgehead atoms. The second-order valence-electron chi connectivity index (χ2n) is 7.45. The first kappa shape index (κ1) is 14.3. The maximum atomic E-state index is 6.44. The molecule has 1 unspecified atom stereocenters. The van der Waals surface area contributed by atoms with Crippen LogP contribution in [0.2, 0.25) is 0 Å². The van der Waals surface area contributed by atoms with Gasteiger partial charge in [-0.3, -0.25) is 4.90 Å². The molecule has 0 N–H and O–H groups in total. The maximum Gasteiger partial charge on any atom is 0.217 e. The van der Waals surface area contributed by atoms with E-state index in [9.17, 15) is 0 Å². The fraction of sp³-hybridized carbons (Fsp3) is 0.450. The SMILES string of the molecule is CN(c1ccccc1)c1cnc2c(c1)CC1(CN3CCC1CC3)O2. The second kappa shape index (κ2) is 5.21. The van der Waals surface area contributed by atoms with Crippen molar-refractivity contribution >= 4 is 11.4 Å². The predicted octanol–water partition coefficient (Wildman–Crippen LogP) is 3.25. The molecule has 2 aromatic rings. The van der Waals surface area contributed by atoms with Gasteiger partial charge in [-0.15, -0.1) is 0 Å². The molecule has 3 saturated heterocycles. The Morgan fingerprint density at radius 1 is 1.17 bits per heavy atom. The molecule has 5 heterocycles. The van der Waals surface area contributed by atoms with Crippen LogP contribution in [0, 0.1) is 5.92 Å². The van der Waals surface area contributed by atoms with Gasteiger partial charge in [-0.1, -0.05) is 18.2 Å². The average molecular weight is 321 g/mol. The number of benzene rings is 1. The Hall–Kier alpha value is -2.07. The third-order valence-corrected chi connectivity index (χ3v) is 6.05. The molecule has 4 aliphatic rings. The highest BCUT2D eigenvalue weighted by Crippen LogP contribution is 2.46. The van der Waals surface area contributed by atoms with E-state index in [4.69, 9.17) is 4.74 Å². The standard InChI is InChI=1S/C20H23N3O/c1-22(17-5-3-2-4-6-17)18-11-15-12-20(24-19(15)21-13-18)14-23-9-7-16(20)8-10-23/h2-6,11,13,16H,7-10,12,14H2,1H3. The van der Waals surface area contributed by atoms with Gasteiger partial charge in [-0.2, -0.15) is 0 Å². The van der Waals surface area contributed by atoms with Gasteiger partial charge in [0.1, 0.15) is 5.60 Å². The lowest BCUT2D eigenvalue weighted by molar-refractivity contribution is -0.0814. The Morgan fingerprint density at radius 3 is 2.67 bits per heavy atom. The smallest absolute Gasteiger partial charge is 0.217 e. The zero-order valence-corrected chi connectivity index (χ0v) is 14.1. The van der Waals surface area contributed by atoms with E-state index in [2.05, 4.69) is 52.2 Å². The van der Waals surface area contributed by atoms with Crippen molar-refractivity contribution in [2.45, 2.75) is 24.9 Å². The van der Waals surface area contributed by atoms with Crippen LogP contribution in [0.1, 0.15) is 18.4 Å². The van der Waals surface area contributed by atoms with Crippen molar-refractivity contribution in [3.05, 3.63) is 48.2 Å². The van der Waals surface area contributed by atoms with Crippen LogP contribution in [0.3, 0.4) is 0 Å². The number of aromatic nitrogens is 1. The lowest BCUT2D eigenvalue weighted by Crippen LogP contribution is -2.61. The van der Waals surface area contributed by atoms with Crippen molar-refractivity contribution in [3.63, 3.8) is 0 Å². The van der Waals surface area contributed by atoms with E-state index < -0.39 is 0 Å². The molecule has 1 aromatic carbocycles. The molecule has 0 aliphatic carbocycles. The van der Waals surface area contributed by atoms with Crippen molar-refractivity contribution in [2.24, 2.45) is 5.92 Å². The van der Waals surface area contributed by atoms with Crippen LogP contribution in [-0.2, 0) is 6.42 Å². The number of anilines is 2. The highest BCUT2D eigenvalue weighted by molar-refractivity contribution is 5.63. The second-order valence-corrected chi connectivity index (χ2v) is 7.45. The van der Waals surface area contributed by atoms with Crippen molar-refractivity contribution in [2.75, 3.05) is 31.6 Å². The van der Waals surface area contributed by atoms with Gasteiger partial charge in [0.2, 0.25) is 5.88 Å². The molecule has 0 amide bonds. The molecule has 1 aromatic heterocycles. The number of hydrogen-bond donors (Lipinski definition) is 0. The number of piperidine rings is 3. The van der Waals surface area contributed by atoms with Crippen LogP contribution in [0.25, 0.3) is 0 Å². The van der Waals surface area contributed by atoms with E-state index >= 15 is 0 Å². The Morgan fingerprint density at radius 2 is 1.96 bits per heavy atom. The molecule has 4 nitrogen and oxygen atoms in total. The number of rotatable bonds is 2. The first-order valence-corrected chi connectivity index (χ1v) is 8.93. The van der Waals surface area contributed by atoms with Crippen molar-refractivity contribution < 1.29 is 4.74 Å². The topological polar surface area (TPSA) is 28.6 Å². The highest BCUT2D eigenvalue weighted by atomic mass is 16.5. The summed E-state index contributed by atoms with van der Waals surface area (Å²) in [7, 11) is 2.10. The lowest BCUT2D eigenvalue weighted by atomic mass is 9.73. The Bertz CT molecular complexity index is 755. The number of nitrogens with zero attached hydrogens (tertiary/aromatic N) is 3. The minimum atomic E-state index is -0.0181. The fourth-order valence-corrected chi connectivity index (χ4v) is 4.68. The minimum absolute atomic E-state index is 0.0181. The third kappa shape index (κ3) is 2.13. The molecular weight excluding hydrogens is 298 g/mol. The van der Waals surface area contributed by atoms with Crippen LogP contribution < -0.4 is 9.64 Å². The summed E-state index contributed by atoms with van der Waals surface area (Å²) < 4.78 is 6.44. The average Bonchev–Trinajstić information content (AvgIpc) is 2.99. The van der Waals surface area contributed by atoms with E-state index in [1.807, 2.05) is 12.3 Å². The zero-order valence-electron chi connectivity index (χ0n) is 14.1. The molecule has 4 aliphatic heterocycles. The summed E-state index contributed by atoms with van der Waals surface area (Å²) in [6.07, 6.45) is 5.48. The van der Waals surface area contributed by atoms with Crippen LogP contribution in [-0.4, -0.2) is 42.2 Å². The van der Waals surface area contributed by atoms with E-state index in [0.717, 1.165) is 24.5 Å². The van der Waals surface area contributed by atoms with Crippen molar-refractivity contribution in [3.8, 4) is 5.88 Å². The van der Waals surface area contributed by atoms with Gasteiger partial charge in [-0.25, -0.2) is 4.98 Å². The highest BCUT2D eigenvalue weighted by Gasteiger charge is 2.52. The number of para-hydroxylation sites is 1. The van der Waals surface area contributed by atoms with Gasteiger partial charge < -0.3 is 9.64 Å². The Labute approximate surface area is 143 Å². The summed E-state index contributed by atoms with van der Waals surface area (Å²) in [5, 5.41) is 0. The molecule has 124 valence electrons. The van der Waals surface area contributed by atoms with E-state index in [1.54, 1.807) is 0 Å². The van der Waals surface area contributed by atoms with Gasteiger partial charge in [0, 0.05) is 37.2 Å². The molecule has 0 radical (unpaired) electrons. The quantitative estimate of drug-likeness (QED) is 0.849. The van der Waals surface area contributed by atoms with Crippen molar-refractivity contribution in [1.29, 1.82) is 0 Å². The zero-order chi connectivity index (χ0) is 16.1. The molecule has 1 spiro atoms. The minimum Gasteiger partial charge on any atom is -0.469 e. The van der Waals surface area contributed by atoms with Crippen LogP contribution >= 0.6 is 0 Å². The Kier molecular flexibility index (Phi) is 3.10. The van der Waals surface area contributed by atoms with Crippen LogP contribution in [0.5, 0.6) is 5.88 Å². The first-order valence-electron chi connectivity index (χ1n) is 8.93. The van der Waals surface area contributed by atoms with E-state index in [0.29, 0.717) is 5.92 Å². The van der Waals surface area contributed by atoms with Gasteiger partial charge in [0.15, 0.2) is 0 Å². The first-order chi connectivity index (χ1) is 11.7. The van der Waals surface area contributed by atoms with Gasteiger partial charge in [0.25, 0.3) is 0 Å². The molecular formula is C20H23N3O. The molecule has 0 saturated carbocycles. The fourth-order valence-electron chi connectivity index (χ4n) is 4.68. The lowest BCUT2D eigenvalue weighted by Gasteiger charge is -2.50. The third-order valence-electron chi connectivity index (χ3n) is 6.05. The van der Waals surface area contributed by atoms with E-state index in [-0.39, 0.29) is 5.60 Å². The summed E-state index contributed by atoms with van der Waals surface area (Å²) in [4.78, 5) is 9.40. The van der Waals surface area contributed by atoms with Crippen LogP contribution in [0.15, 0.2) is 42.6 Å². The number of fused-ring (bicyclic) bond motifs is 3. The molecule has 1 atom stereocenters. The summed E-state index contributed by atoms with van der Waals surface area (Å²) >= 11 is 0. The van der Waals surface area contributed by atoms with Gasteiger partial charge >= 0.3 is 0 Å². The molecule has 24 heavy (non-hydrogen) atoms. The summed E-state index contributed by atoms with van der Waals surface area (Å²) in [6.45, 7) is 3.54. The Balaban J connectivity index is 1.44.